The predicted molar refractivity (Wildman–Crippen MR) is 75.8 cm³/mol. The van der Waals surface area contributed by atoms with Crippen LogP contribution in [0.1, 0.15) is 10.4 Å². The topological polar surface area (TPSA) is 55.1 Å². The second-order valence-electron chi connectivity index (χ2n) is 3.33. The maximum absolute atomic E-state index is 11.8. The first-order valence-electron chi connectivity index (χ1n) is 4.66. The molecule has 3 nitrogen and oxygen atoms in total. The molecule has 0 aliphatic heterocycles. The zero-order chi connectivity index (χ0) is 12.4. The second-order valence-corrected chi connectivity index (χ2v) is 6.03. The van der Waals surface area contributed by atoms with Gasteiger partial charge in [0.1, 0.15) is 0 Å². The molecule has 0 unspecified atom stereocenters. The smallest absolute Gasteiger partial charge is 0.256 e. The summed E-state index contributed by atoms with van der Waals surface area (Å²) in [5, 5.41) is 4.92. The molecule has 2 rings (SSSR count). The Morgan fingerprint density at radius 2 is 2.18 bits per heavy atom. The van der Waals surface area contributed by atoms with Gasteiger partial charge in [-0.05, 0) is 40.2 Å². The third-order valence-corrected chi connectivity index (χ3v) is 3.89. The quantitative estimate of drug-likeness (QED) is 0.817. The first kappa shape index (κ1) is 12.4. The van der Waals surface area contributed by atoms with Crippen LogP contribution >= 0.6 is 38.9 Å². The normalized spacial score (nSPS) is 10.2. The van der Waals surface area contributed by atoms with Crippen molar-refractivity contribution >= 4 is 56.1 Å². The minimum atomic E-state index is -0.196. The van der Waals surface area contributed by atoms with E-state index in [4.69, 9.17) is 17.3 Å². The van der Waals surface area contributed by atoms with Gasteiger partial charge in [-0.1, -0.05) is 11.6 Å². The summed E-state index contributed by atoms with van der Waals surface area (Å²) < 4.78 is 0.908. The fraction of sp³-hybridized carbons (Fsp3) is 0. The molecule has 1 amide bonds. The highest BCUT2D eigenvalue weighted by atomic mass is 79.9. The summed E-state index contributed by atoms with van der Waals surface area (Å²) in [6.45, 7) is 0. The van der Waals surface area contributed by atoms with Gasteiger partial charge >= 0.3 is 0 Å². The zero-order valence-corrected chi connectivity index (χ0v) is 11.7. The molecule has 2 aromatic rings. The van der Waals surface area contributed by atoms with E-state index in [0.29, 0.717) is 22.0 Å². The Morgan fingerprint density at radius 3 is 2.76 bits per heavy atom. The van der Waals surface area contributed by atoms with Gasteiger partial charge in [-0.3, -0.25) is 4.79 Å². The van der Waals surface area contributed by atoms with E-state index in [2.05, 4.69) is 21.2 Å². The summed E-state index contributed by atoms with van der Waals surface area (Å²) in [5.41, 5.74) is 7.27. The van der Waals surface area contributed by atoms with Gasteiger partial charge in [0.25, 0.3) is 5.91 Å². The van der Waals surface area contributed by atoms with Crippen molar-refractivity contribution in [3.05, 3.63) is 44.0 Å². The summed E-state index contributed by atoms with van der Waals surface area (Å²) >= 11 is 10.7. The highest BCUT2D eigenvalue weighted by molar-refractivity contribution is 9.11. The predicted octanol–water partition coefficient (Wildman–Crippen LogP) is 4.00. The monoisotopic (exact) mass is 330 g/mol. The Labute approximate surface area is 116 Å². The second kappa shape index (κ2) is 5.08. The fourth-order valence-corrected chi connectivity index (χ4v) is 2.63. The third-order valence-electron chi connectivity index (χ3n) is 2.07. The summed E-state index contributed by atoms with van der Waals surface area (Å²) in [7, 11) is 0. The average molecular weight is 332 g/mol. The number of rotatable bonds is 2. The van der Waals surface area contributed by atoms with Gasteiger partial charge in [0.05, 0.1) is 20.1 Å². The lowest BCUT2D eigenvalue weighted by molar-refractivity contribution is 0.102. The number of anilines is 2. The van der Waals surface area contributed by atoms with E-state index in [1.165, 1.54) is 11.3 Å². The van der Waals surface area contributed by atoms with Crippen LogP contribution in [-0.4, -0.2) is 5.91 Å². The summed E-state index contributed by atoms with van der Waals surface area (Å²) in [6.07, 6.45) is 0. The minimum absolute atomic E-state index is 0.196. The third kappa shape index (κ3) is 3.00. The molecule has 0 atom stereocenters. The van der Waals surface area contributed by atoms with Crippen LogP contribution in [0, 0.1) is 0 Å². The molecule has 3 N–H and O–H groups in total. The van der Waals surface area contributed by atoms with Gasteiger partial charge in [0.15, 0.2) is 0 Å². The number of carbonyl (C=O) groups is 1. The van der Waals surface area contributed by atoms with Gasteiger partial charge < -0.3 is 11.1 Å². The fourth-order valence-electron chi connectivity index (χ4n) is 1.26. The van der Waals surface area contributed by atoms with Crippen molar-refractivity contribution < 1.29 is 4.79 Å². The van der Waals surface area contributed by atoms with Crippen molar-refractivity contribution in [1.82, 2.24) is 0 Å². The number of nitrogens with one attached hydrogen (secondary N) is 1. The van der Waals surface area contributed by atoms with E-state index in [-0.39, 0.29) is 5.91 Å². The van der Waals surface area contributed by atoms with E-state index in [1.807, 2.05) is 0 Å². The average Bonchev–Trinajstić information content (AvgIpc) is 2.69. The number of amides is 1. The zero-order valence-electron chi connectivity index (χ0n) is 8.54. The van der Waals surface area contributed by atoms with Crippen molar-refractivity contribution in [2.75, 3.05) is 11.1 Å². The number of benzene rings is 1. The summed E-state index contributed by atoms with van der Waals surface area (Å²) in [4.78, 5) is 11.8. The molecule has 88 valence electrons. The van der Waals surface area contributed by atoms with E-state index >= 15 is 0 Å². The van der Waals surface area contributed by atoms with Crippen molar-refractivity contribution in [2.24, 2.45) is 0 Å². The number of hydrogen-bond acceptors (Lipinski definition) is 3. The molecule has 1 aromatic heterocycles. The van der Waals surface area contributed by atoms with Crippen LogP contribution in [-0.2, 0) is 0 Å². The number of nitrogens with two attached hydrogens (primary N) is 1. The lowest BCUT2D eigenvalue weighted by Gasteiger charge is -2.06. The molecule has 1 heterocycles. The van der Waals surface area contributed by atoms with E-state index < -0.39 is 0 Å². The van der Waals surface area contributed by atoms with Gasteiger partial charge in [-0.15, -0.1) is 11.3 Å². The molecular weight excluding hydrogens is 324 g/mol. The molecule has 0 aliphatic carbocycles. The van der Waals surface area contributed by atoms with Crippen molar-refractivity contribution in [2.45, 2.75) is 0 Å². The maximum Gasteiger partial charge on any atom is 0.256 e. The van der Waals surface area contributed by atoms with E-state index in [9.17, 15) is 4.79 Å². The molecule has 0 radical (unpaired) electrons. The van der Waals surface area contributed by atoms with Gasteiger partial charge in [-0.25, -0.2) is 0 Å². The molecule has 6 heteroatoms. The lowest BCUT2D eigenvalue weighted by Crippen LogP contribution is -2.11. The first-order valence-corrected chi connectivity index (χ1v) is 6.72. The lowest BCUT2D eigenvalue weighted by atomic mass is 10.2. The largest absolute Gasteiger partial charge is 0.399 e. The summed E-state index contributed by atoms with van der Waals surface area (Å²) in [6, 6.07) is 6.72. The highest BCUT2D eigenvalue weighted by Gasteiger charge is 2.10. The van der Waals surface area contributed by atoms with Gasteiger partial charge in [0, 0.05) is 11.1 Å². The summed E-state index contributed by atoms with van der Waals surface area (Å²) in [5.74, 6) is -0.196. The van der Waals surface area contributed by atoms with Crippen LogP contribution in [0.5, 0.6) is 0 Å². The van der Waals surface area contributed by atoms with Gasteiger partial charge in [-0.2, -0.15) is 0 Å². The Hall–Kier alpha value is -1.04. The van der Waals surface area contributed by atoms with Gasteiger partial charge in [0.2, 0.25) is 0 Å². The molecule has 0 saturated carbocycles. The van der Waals surface area contributed by atoms with Crippen molar-refractivity contribution in [3.63, 3.8) is 0 Å². The molecular formula is C11H8BrClN2OS. The van der Waals surface area contributed by atoms with Crippen LogP contribution in [0.25, 0.3) is 0 Å². The maximum atomic E-state index is 11.8. The number of carbonyl (C=O) groups excluding carboxylic acids is 1. The number of thiophene rings is 1. The number of hydrogen-bond donors (Lipinski definition) is 2. The molecule has 17 heavy (non-hydrogen) atoms. The Balaban J connectivity index is 2.18. The Kier molecular flexibility index (Phi) is 3.71. The molecule has 0 fully saturated rings. The van der Waals surface area contributed by atoms with Crippen LogP contribution < -0.4 is 11.1 Å². The molecule has 1 aromatic carbocycles. The van der Waals surface area contributed by atoms with Crippen LogP contribution in [0.15, 0.2) is 33.4 Å². The molecule has 0 spiro atoms. The number of halogens is 2. The first-order chi connectivity index (χ1) is 8.06. The SMILES string of the molecule is Nc1ccc(NC(=O)c2csc(Br)c2)c(Cl)c1. The Morgan fingerprint density at radius 1 is 1.41 bits per heavy atom. The van der Waals surface area contributed by atoms with E-state index in [1.54, 1.807) is 29.6 Å². The van der Waals surface area contributed by atoms with Crippen molar-refractivity contribution in [3.8, 4) is 0 Å². The van der Waals surface area contributed by atoms with Crippen LogP contribution in [0.3, 0.4) is 0 Å². The molecule has 0 saturated heterocycles. The highest BCUT2D eigenvalue weighted by Crippen LogP contribution is 2.26. The van der Waals surface area contributed by atoms with Crippen LogP contribution in [0.4, 0.5) is 11.4 Å². The minimum Gasteiger partial charge on any atom is -0.399 e. The Bertz CT molecular complexity index is 570. The van der Waals surface area contributed by atoms with Crippen LogP contribution in [0.2, 0.25) is 5.02 Å². The number of nitrogen functional groups attached to an aromatic ring is 1. The molecule has 0 bridgehead atoms. The molecule has 0 aliphatic rings. The van der Waals surface area contributed by atoms with Crippen molar-refractivity contribution in [1.29, 1.82) is 0 Å². The van der Waals surface area contributed by atoms with E-state index in [0.717, 1.165) is 3.79 Å². The standard InChI is InChI=1S/C11H8BrClN2OS/c12-10-3-6(5-17-10)11(16)15-9-2-1-7(14)4-8(9)13/h1-5H,14H2,(H,15,16).